The van der Waals surface area contributed by atoms with E-state index in [2.05, 4.69) is 21.6 Å². The number of fused-ring (bicyclic) bond motifs is 1. The molecule has 2 aromatic carbocycles. The zero-order valence-corrected chi connectivity index (χ0v) is 20.6. The van der Waals surface area contributed by atoms with E-state index >= 15 is 0 Å². The second-order valence-electron chi connectivity index (χ2n) is 8.99. The van der Waals surface area contributed by atoms with E-state index in [0.29, 0.717) is 18.8 Å². The molecule has 1 unspecified atom stereocenters. The Hall–Kier alpha value is -3.68. The van der Waals surface area contributed by atoms with E-state index in [1.165, 1.54) is 0 Å². The normalized spacial score (nSPS) is 17.6. The Bertz CT molecular complexity index is 1200. The molecule has 1 saturated heterocycles. The molecule has 35 heavy (non-hydrogen) atoms. The summed E-state index contributed by atoms with van der Waals surface area (Å²) < 4.78 is 18.7. The molecule has 8 heteroatoms. The summed E-state index contributed by atoms with van der Waals surface area (Å²) in [7, 11) is 5.06. The van der Waals surface area contributed by atoms with Crippen LogP contribution in [-0.2, 0) is 13.0 Å². The number of carbonyl (C=O) groups excluding carboxylic acids is 1. The summed E-state index contributed by atoms with van der Waals surface area (Å²) in [5.74, 6) is 3.79. The van der Waals surface area contributed by atoms with Gasteiger partial charge in [0.2, 0.25) is 0 Å². The van der Waals surface area contributed by atoms with E-state index in [1.54, 1.807) is 21.3 Å². The number of nitrogens with zero attached hydrogens (tertiary/aromatic N) is 4. The van der Waals surface area contributed by atoms with E-state index in [9.17, 15) is 4.79 Å². The first-order chi connectivity index (χ1) is 17.1. The number of anilines is 1. The topological polar surface area (TPSA) is 69.1 Å². The average molecular weight is 477 g/mol. The van der Waals surface area contributed by atoms with Gasteiger partial charge in [0, 0.05) is 56.8 Å². The van der Waals surface area contributed by atoms with Crippen molar-refractivity contribution in [3.63, 3.8) is 0 Å². The van der Waals surface area contributed by atoms with Crippen LogP contribution >= 0.6 is 0 Å². The summed E-state index contributed by atoms with van der Waals surface area (Å²) in [4.78, 5) is 22.2. The molecule has 0 radical (unpaired) electrons. The van der Waals surface area contributed by atoms with Crippen molar-refractivity contribution in [3.05, 3.63) is 65.7 Å². The highest BCUT2D eigenvalue weighted by atomic mass is 16.5. The highest BCUT2D eigenvalue weighted by Crippen LogP contribution is 2.37. The molecule has 8 nitrogen and oxygen atoms in total. The van der Waals surface area contributed by atoms with Gasteiger partial charge in [0.1, 0.15) is 28.8 Å². The molecule has 184 valence electrons. The second-order valence-corrected chi connectivity index (χ2v) is 8.99. The van der Waals surface area contributed by atoms with Gasteiger partial charge < -0.3 is 28.6 Å². The number of aryl methyl sites for hydroxylation is 1. The smallest absolute Gasteiger partial charge is 0.274 e. The molecule has 0 spiro atoms. The second kappa shape index (κ2) is 9.90. The summed E-state index contributed by atoms with van der Waals surface area (Å²) in [5, 5.41) is 0. The van der Waals surface area contributed by atoms with Crippen molar-refractivity contribution in [2.24, 2.45) is 0 Å². The summed E-state index contributed by atoms with van der Waals surface area (Å²) in [6.07, 6.45) is 3.69. The van der Waals surface area contributed by atoms with Gasteiger partial charge in [-0.2, -0.15) is 0 Å². The molecule has 0 saturated carbocycles. The number of carbonyl (C=O) groups is 1. The molecular weight excluding hydrogens is 444 g/mol. The number of imidazole rings is 1. The molecule has 3 heterocycles. The molecule has 0 N–H and O–H groups in total. The molecule has 1 amide bonds. The SMILES string of the molecule is COc1ccc(OC)c(C2CCc3nc(C(=O)N4CCN(c5ccccc5OC)CC4)cn3C2)c1. The Morgan fingerprint density at radius 3 is 2.46 bits per heavy atom. The third kappa shape index (κ3) is 4.52. The fourth-order valence-electron chi connectivity index (χ4n) is 5.16. The largest absolute Gasteiger partial charge is 0.497 e. The molecule has 1 atom stereocenters. The number of amides is 1. The first-order valence-electron chi connectivity index (χ1n) is 12.1. The van der Waals surface area contributed by atoms with Crippen molar-refractivity contribution in [1.29, 1.82) is 0 Å². The Balaban J connectivity index is 1.27. The number of para-hydroxylation sites is 2. The van der Waals surface area contributed by atoms with Crippen molar-refractivity contribution >= 4 is 11.6 Å². The summed E-state index contributed by atoms with van der Waals surface area (Å²) in [6.45, 7) is 3.60. The van der Waals surface area contributed by atoms with Crippen LogP contribution in [-0.4, -0.2) is 67.9 Å². The fraction of sp³-hybridized carbons (Fsp3) is 0.407. The van der Waals surface area contributed by atoms with Crippen molar-refractivity contribution < 1.29 is 19.0 Å². The number of ether oxygens (including phenoxy) is 3. The van der Waals surface area contributed by atoms with Gasteiger partial charge in [-0.05, 0) is 36.8 Å². The summed E-state index contributed by atoms with van der Waals surface area (Å²) in [5.41, 5.74) is 2.73. The molecule has 1 fully saturated rings. The van der Waals surface area contributed by atoms with Gasteiger partial charge in [-0.1, -0.05) is 12.1 Å². The van der Waals surface area contributed by atoms with Gasteiger partial charge in [-0.15, -0.1) is 0 Å². The maximum absolute atomic E-state index is 13.3. The van der Waals surface area contributed by atoms with Gasteiger partial charge in [0.05, 0.1) is 27.0 Å². The Morgan fingerprint density at radius 2 is 1.71 bits per heavy atom. The zero-order chi connectivity index (χ0) is 24.4. The lowest BCUT2D eigenvalue weighted by Gasteiger charge is -2.36. The summed E-state index contributed by atoms with van der Waals surface area (Å²) in [6, 6.07) is 13.9. The monoisotopic (exact) mass is 476 g/mol. The van der Waals surface area contributed by atoms with Crippen LogP contribution in [0.15, 0.2) is 48.7 Å². The van der Waals surface area contributed by atoms with Crippen LogP contribution in [0.3, 0.4) is 0 Å². The number of piperazine rings is 1. The Kier molecular flexibility index (Phi) is 6.53. The van der Waals surface area contributed by atoms with Crippen LogP contribution in [0.1, 0.15) is 34.2 Å². The quantitative estimate of drug-likeness (QED) is 0.542. The van der Waals surface area contributed by atoms with E-state index in [4.69, 9.17) is 19.2 Å². The number of benzene rings is 2. The number of methoxy groups -OCH3 is 3. The van der Waals surface area contributed by atoms with Crippen LogP contribution in [0.2, 0.25) is 0 Å². The first kappa shape index (κ1) is 23.1. The van der Waals surface area contributed by atoms with Crippen LogP contribution in [0.5, 0.6) is 17.2 Å². The van der Waals surface area contributed by atoms with Crippen molar-refractivity contribution in [2.75, 3.05) is 52.4 Å². The Labute approximate surface area is 206 Å². The van der Waals surface area contributed by atoms with Gasteiger partial charge in [0.15, 0.2) is 0 Å². The fourth-order valence-corrected chi connectivity index (χ4v) is 5.16. The molecule has 0 aliphatic carbocycles. The molecule has 1 aromatic heterocycles. The average Bonchev–Trinajstić information content (AvgIpc) is 3.36. The number of rotatable bonds is 6. The lowest BCUT2D eigenvalue weighted by molar-refractivity contribution is 0.0741. The van der Waals surface area contributed by atoms with Gasteiger partial charge in [0.25, 0.3) is 5.91 Å². The third-order valence-electron chi connectivity index (χ3n) is 7.08. The number of aromatic nitrogens is 2. The Morgan fingerprint density at radius 1 is 0.943 bits per heavy atom. The van der Waals surface area contributed by atoms with Crippen molar-refractivity contribution in [3.8, 4) is 17.2 Å². The number of hydrogen-bond donors (Lipinski definition) is 0. The zero-order valence-electron chi connectivity index (χ0n) is 20.6. The molecule has 5 rings (SSSR count). The lowest BCUT2D eigenvalue weighted by Crippen LogP contribution is -2.49. The maximum atomic E-state index is 13.3. The molecule has 2 aliphatic heterocycles. The predicted molar refractivity (Wildman–Crippen MR) is 134 cm³/mol. The van der Waals surface area contributed by atoms with E-state index in [0.717, 1.165) is 66.8 Å². The van der Waals surface area contributed by atoms with E-state index < -0.39 is 0 Å². The minimum Gasteiger partial charge on any atom is -0.497 e. The molecule has 0 bridgehead atoms. The molecule has 3 aromatic rings. The predicted octanol–water partition coefficient (Wildman–Crippen LogP) is 3.60. The van der Waals surface area contributed by atoms with E-state index in [-0.39, 0.29) is 11.8 Å². The minimum atomic E-state index is 0.00193. The highest BCUT2D eigenvalue weighted by molar-refractivity contribution is 5.92. The molecular formula is C27H32N4O4. The number of hydrogen-bond acceptors (Lipinski definition) is 6. The van der Waals surface area contributed by atoms with Crippen molar-refractivity contribution in [1.82, 2.24) is 14.5 Å². The van der Waals surface area contributed by atoms with Crippen molar-refractivity contribution in [2.45, 2.75) is 25.3 Å². The highest BCUT2D eigenvalue weighted by Gasteiger charge is 2.29. The molecule has 2 aliphatic rings. The van der Waals surface area contributed by atoms with Gasteiger partial charge >= 0.3 is 0 Å². The maximum Gasteiger partial charge on any atom is 0.274 e. The lowest BCUT2D eigenvalue weighted by atomic mass is 9.90. The third-order valence-corrected chi connectivity index (χ3v) is 7.08. The van der Waals surface area contributed by atoms with Crippen LogP contribution < -0.4 is 19.1 Å². The van der Waals surface area contributed by atoms with Gasteiger partial charge in [-0.25, -0.2) is 4.98 Å². The standard InChI is InChI=1S/C27H32N4O4/c1-33-20-9-10-24(34-2)21(16-20)19-8-11-26-28-22(18-31(26)17-19)27(32)30-14-12-29(13-15-30)23-6-4-5-7-25(23)35-3/h4-7,9-10,16,18-19H,8,11-15,17H2,1-3H3. The van der Waals surface area contributed by atoms with Crippen LogP contribution in [0, 0.1) is 0 Å². The van der Waals surface area contributed by atoms with E-state index in [1.807, 2.05) is 41.4 Å². The van der Waals surface area contributed by atoms with Gasteiger partial charge in [-0.3, -0.25) is 4.79 Å². The summed E-state index contributed by atoms with van der Waals surface area (Å²) >= 11 is 0. The van der Waals surface area contributed by atoms with Crippen LogP contribution in [0.25, 0.3) is 0 Å². The van der Waals surface area contributed by atoms with Crippen LogP contribution in [0.4, 0.5) is 5.69 Å². The minimum absolute atomic E-state index is 0.00193. The first-order valence-corrected chi connectivity index (χ1v) is 12.1.